The molecule has 0 unspecified atom stereocenters. The number of hydrogen-bond acceptors (Lipinski definition) is 5. The number of nitrogens with one attached hydrogen (secondary N) is 1. The second-order valence-corrected chi connectivity index (χ2v) is 6.84. The molecule has 0 saturated carbocycles. The van der Waals surface area contributed by atoms with Crippen molar-refractivity contribution in [3.8, 4) is 11.5 Å². The van der Waals surface area contributed by atoms with Crippen LogP contribution in [0.15, 0.2) is 24.3 Å². The van der Waals surface area contributed by atoms with Gasteiger partial charge in [0.25, 0.3) is 5.91 Å². The van der Waals surface area contributed by atoms with E-state index in [2.05, 4.69) is 4.98 Å². The number of aromatic amines is 1. The van der Waals surface area contributed by atoms with Gasteiger partial charge < -0.3 is 24.5 Å². The van der Waals surface area contributed by atoms with Crippen LogP contribution in [0.4, 0.5) is 0 Å². The molecule has 1 heterocycles. The third kappa shape index (κ3) is 5.28. The van der Waals surface area contributed by atoms with E-state index in [9.17, 15) is 19.5 Å². The summed E-state index contributed by atoms with van der Waals surface area (Å²) >= 11 is 0. The van der Waals surface area contributed by atoms with Crippen LogP contribution < -0.4 is 9.47 Å². The maximum absolute atomic E-state index is 12.6. The first-order valence-electron chi connectivity index (χ1n) is 9.40. The highest BCUT2D eigenvalue weighted by atomic mass is 16.5. The van der Waals surface area contributed by atoms with Crippen molar-refractivity contribution in [2.45, 2.75) is 20.8 Å². The number of ketones is 1. The molecule has 2 aromatic rings. The number of carboxylic acid groups (broad SMARTS) is 1. The number of ether oxygens (including phenoxy) is 2. The first kappa shape index (κ1) is 22.7. The molecule has 1 amide bonds. The molecule has 8 heteroatoms. The number of rotatable bonds is 9. The van der Waals surface area contributed by atoms with Gasteiger partial charge in [-0.05, 0) is 50.1 Å². The highest BCUT2D eigenvalue weighted by Gasteiger charge is 2.20. The Balaban J connectivity index is 2.23. The van der Waals surface area contributed by atoms with Crippen molar-refractivity contribution in [3.63, 3.8) is 0 Å². The van der Waals surface area contributed by atoms with Crippen LogP contribution in [-0.4, -0.2) is 60.0 Å². The molecule has 0 spiro atoms. The Morgan fingerprint density at radius 3 is 2.40 bits per heavy atom. The van der Waals surface area contributed by atoms with Gasteiger partial charge in [-0.1, -0.05) is 12.1 Å². The molecular formula is C22H26N2O6. The molecular weight excluding hydrogens is 388 g/mol. The minimum atomic E-state index is -1.11. The lowest BCUT2D eigenvalue weighted by Gasteiger charge is -2.14. The van der Waals surface area contributed by atoms with Crippen LogP contribution in [0.5, 0.6) is 11.5 Å². The molecule has 1 aromatic carbocycles. The number of carbonyl (C=O) groups is 3. The Hall–Kier alpha value is -3.55. The van der Waals surface area contributed by atoms with Crippen LogP contribution in [0.25, 0.3) is 6.08 Å². The smallest absolute Gasteiger partial charge is 0.352 e. The molecule has 0 saturated heterocycles. The Kier molecular flexibility index (Phi) is 7.41. The lowest BCUT2D eigenvalue weighted by molar-refractivity contribution is -0.130. The average molecular weight is 414 g/mol. The summed E-state index contributed by atoms with van der Waals surface area (Å²) in [5.41, 5.74) is 1.96. The number of allylic oxidation sites excluding steroid dienone is 1. The monoisotopic (exact) mass is 414 g/mol. The summed E-state index contributed by atoms with van der Waals surface area (Å²) in [6.07, 6.45) is 3.00. The van der Waals surface area contributed by atoms with Crippen LogP contribution >= 0.6 is 0 Å². The summed E-state index contributed by atoms with van der Waals surface area (Å²) in [5.74, 6) is -0.697. The van der Waals surface area contributed by atoms with Gasteiger partial charge in [0.2, 0.25) is 0 Å². The zero-order valence-corrected chi connectivity index (χ0v) is 17.7. The lowest BCUT2D eigenvalue weighted by atomic mass is 10.0. The quantitative estimate of drug-likeness (QED) is 0.482. The molecule has 8 nitrogen and oxygen atoms in total. The SMILES string of the molecule is CCOc1cc(/C=C/C(=O)c2c(C)[nH]c(C(=O)O)c2C)ccc1OCC(=O)N(C)C. The highest BCUT2D eigenvalue weighted by molar-refractivity contribution is 6.10. The molecule has 0 aliphatic rings. The summed E-state index contributed by atoms with van der Waals surface area (Å²) < 4.78 is 11.1. The predicted molar refractivity (Wildman–Crippen MR) is 112 cm³/mol. The molecule has 0 atom stereocenters. The van der Waals surface area contributed by atoms with E-state index in [0.717, 1.165) is 0 Å². The van der Waals surface area contributed by atoms with E-state index in [1.54, 1.807) is 52.2 Å². The predicted octanol–water partition coefficient (Wildman–Crippen LogP) is 3.09. The van der Waals surface area contributed by atoms with Gasteiger partial charge in [0.15, 0.2) is 23.9 Å². The number of aromatic carboxylic acids is 1. The second-order valence-electron chi connectivity index (χ2n) is 6.84. The fourth-order valence-corrected chi connectivity index (χ4v) is 2.87. The summed E-state index contributed by atoms with van der Waals surface area (Å²) in [4.78, 5) is 39.8. The van der Waals surface area contributed by atoms with Crippen molar-refractivity contribution in [2.75, 3.05) is 27.3 Å². The molecule has 1 aromatic heterocycles. The van der Waals surface area contributed by atoms with Gasteiger partial charge in [0, 0.05) is 25.4 Å². The van der Waals surface area contributed by atoms with Crippen LogP contribution in [0.3, 0.4) is 0 Å². The van der Waals surface area contributed by atoms with Crippen LogP contribution in [0, 0.1) is 13.8 Å². The van der Waals surface area contributed by atoms with Crippen LogP contribution in [-0.2, 0) is 4.79 Å². The Morgan fingerprint density at radius 2 is 1.83 bits per heavy atom. The zero-order valence-electron chi connectivity index (χ0n) is 17.7. The number of carboxylic acids is 1. The van der Waals surface area contributed by atoms with E-state index in [4.69, 9.17) is 9.47 Å². The van der Waals surface area contributed by atoms with Gasteiger partial charge >= 0.3 is 5.97 Å². The molecule has 0 aliphatic heterocycles. The topological polar surface area (TPSA) is 109 Å². The molecule has 0 fully saturated rings. The van der Waals surface area contributed by atoms with Gasteiger partial charge in [-0.2, -0.15) is 0 Å². The average Bonchev–Trinajstić information content (AvgIpc) is 2.99. The van der Waals surface area contributed by atoms with Crippen molar-refractivity contribution in [1.29, 1.82) is 0 Å². The Morgan fingerprint density at radius 1 is 1.13 bits per heavy atom. The maximum atomic E-state index is 12.6. The Bertz CT molecular complexity index is 988. The molecule has 0 radical (unpaired) electrons. The minimum absolute atomic E-state index is 0.0108. The van der Waals surface area contributed by atoms with Gasteiger partial charge in [0.1, 0.15) is 5.69 Å². The molecule has 30 heavy (non-hydrogen) atoms. The fraction of sp³-hybridized carbons (Fsp3) is 0.318. The van der Waals surface area contributed by atoms with Crippen molar-refractivity contribution in [2.24, 2.45) is 0 Å². The van der Waals surface area contributed by atoms with Crippen molar-refractivity contribution in [1.82, 2.24) is 9.88 Å². The van der Waals surface area contributed by atoms with E-state index >= 15 is 0 Å². The molecule has 160 valence electrons. The van der Waals surface area contributed by atoms with Crippen LogP contribution in [0.1, 0.15) is 44.6 Å². The number of likely N-dealkylation sites (N-methyl/N-ethyl adjacent to an activating group) is 1. The van der Waals surface area contributed by atoms with E-state index in [-0.39, 0.29) is 24.0 Å². The summed E-state index contributed by atoms with van der Waals surface area (Å²) in [6, 6.07) is 5.12. The maximum Gasteiger partial charge on any atom is 0.352 e. The van der Waals surface area contributed by atoms with E-state index < -0.39 is 5.97 Å². The fourth-order valence-electron chi connectivity index (χ4n) is 2.87. The standard InChI is InChI=1S/C22H26N2O6/c1-6-29-18-11-15(8-10-17(18)30-12-19(26)24(4)5)7-9-16(25)20-13(2)21(22(27)28)23-14(20)3/h7-11,23H,6,12H2,1-5H3,(H,27,28)/b9-7+. The third-order valence-electron chi connectivity index (χ3n) is 4.44. The lowest BCUT2D eigenvalue weighted by Crippen LogP contribution is -2.27. The number of nitrogens with zero attached hydrogens (tertiary/aromatic N) is 1. The summed E-state index contributed by atoms with van der Waals surface area (Å²) in [6.45, 7) is 5.39. The minimum Gasteiger partial charge on any atom is -0.490 e. The number of benzene rings is 1. The molecule has 2 N–H and O–H groups in total. The highest BCUT2D eigenvalue weighted by Crippen LogP contribution is 2.29. The first-order valence-corrected chi connectivity index (χ1v) is 9.40. The second kappa shape index (κ2) is 9.78. The number of aryl methyl sites for hydroxylation is 1. The number of H-pyrrole nitrogens is 1. The van der Waals surface area contributed by atoms with Gasteiger partial charge in [-0.3, -0.25) is 9.59 Å². The number of carbonyl (C=O) groups excluding carboxylic acids is 2. The number of hydrogen-bond donors (Lipinski definition) is 2. The summed E-state index contributed by atoms with van der Waals surface area (Å²) in [7, 11) is 3.29. The van der Waals surface area contributed by atoms with Gasteiger partial charge in [-0.15, -0.1) is 0 Å². The normalized spacial score (nSPS) is 10.8. The van der Waals surface area contributed by atoms with Crippen molar-refractivity contribution in [3.05, 3.63) is 52.4 Å². The van der Waals surface area contributed by atoms with E-state index in [0.29, 0.717) is 40.5 Å². The number of amides is 1. The van der Waals surface area contributed by atoms with E-state index in [1.807, 2.05) is 6.92 Å². The van der Waals surface area contributed by atoms with Gasteiger partial charge in [-0.25, -0.2) is 4.79 Å². The first-order chi connectivity index (χ1) is 14.1. The van der Waals surface area contributed by atoms with Crippen molar-refractivity contribution >= 4 is 23.7 Å². The summed E-state index contributed by atoms with van der Waals surface area (Å²) in [5, 5.41) is 9.20. The van der Waals surface area contributed by atoms with E-state index in [1.165, 1.54) is 11.0 Å². The molecule has 2 rings (SSSR count). The Labute approximate surface area is 175 Å². The molecule has 0 bridgehead atoms. The van der Waals surface area contributed by atoms with Crippen LogP contribution in [0.2, 0.25) is 0 Å². The zero-order chi connectivity index (χ0) is 22.4. The van der Waals surface area contributed by atoms with Gasteiger partial charge in [0.05, 0.1) is 6.61 Å². The van der Waals surface area contributed by atoms with Crippen molar-refractivity contribution < 1.29 is 29.0 Å². The number of aromatic nitrogens is 1. The largest absolute Gasteiger partial charge is 0.490 e. The third-order valence-corrected chi connectivity index (χ3v) is 4.44. The molecule has 0 aliphatic carbocycles.